The van der Waals surface area contributed by atoms with Crippen LogP contribution in [0.5, 0.6) is 11.5 Å². The van der Waals surface area contributed by atoms with E-state index in [4.69, 9.17) is 26.8 Å². The minimum Gasteiger partial charge on any atom is -0.454 e. The van der Waals surface area contributed by atoms with Gasteiger partial charge in [-0.2, -0.15) is 0 Å². The Balaban J connectivity index is 0.00000176. The van der Waals surface area contributed by atoms with E-state index in [1.807, 2.05) is 18.2 Å². The van der Waals surface area contributed by atoms with E-state index in [2.05, 4.69) is 5.32 Å². The third-order valence-electron chi connectivity index (χ3n) is 3.13. The normalized spacial score (nSPS) is 11.7. The van der Waals surface area contributed by atoms with Gasteiger partial charge in [0.05, 0.1) is 10.6 Å². The lowest BCUT2D eigenvalue weighted by Crippen LogP contribution is -2.23. The van der Waals surface area contributed by atoms with Crippen molar-refractivity contribution in [3.8, 4) is 11.5 Å². The lowest BCUT2D eigenvalue weighted by Gasteiger charge is -2.08. The van der Waals surface area contributed by atoms with Crippen LogP contribution < -0.4 is 20.5 Å². The summed E-state index contributed by atoms with van der Waals surface area (Å²) in [7, 11) is 0. The van der Waals surface area contributed by atoms with Crippen LogP contribution in [0, 0.1) is 0 Å². The first-order chi connectivity index (χ1) is 10.1. The van der Waals surface area contributed by atoms with Crippen molar-refractivity contribution in [3.05, 3.63) is 52.5 Å². The maximum atomic E-state index is 12.1. The van der Waals surface area contributed by atoms with E-state index in [0.717, 1.165) is 5.56 Å². The number of carbonyl (C=O) groups is 1. The first kappa shape index (κ1) is 16.3. The van der Waals surface area contributed by atoms with E-state index in [1.165, 1.54) is 0 Å². The number of amides is 1. The molecule has 1 aliphatic rings. The summed E-state index contributed by atoms with van der Waals surface area (Å²) in [6.07, 6.45) is 0. The second-order valence-electron chi connectivity index (χ2n) is 4.61. The summed E-state index contributed by atoms with van der Waals surface area (Å²) in [4.78, 5) is 12.1. The van der Waals surface area contributed by atoms with Crippen molar-refractivity contribution in [2.24, 2.45) is 0 Å². The third kappa shape index (κ3) is 3.37. The number of hydrogen-bond donors (Lipinski definition) is 2. The van der Waals surface area contributed by atoms with Gasteiger partial charge >= 0.3 is 0 Å². The first-order valence-corrected chi connectivity index (χ1v) is 6.73. The molecular weight excluding hydrogens is 327 g/mol. The van der Waals surface area contributed by atoms with Crippen LogP contribution in [0.1, 0.15) is 15.9 Å². The Morgan fingerprint density at radius 2 is 1.95 bits per heavy atom. The molecule has 116 valence electrons. The molecule has 3 N–H and O–H groups in total. The van der Waals surface area contributed by atoms with E-state index < -0.39 is 0 Å². The van der Waals surface area contributed by atoms with Crippen molar-refractivity contribution in [3.63, 3.8) is 0 Å². The van der Waals surface area contributed by atoms with Gasteiger partial charge in [0, 0.05) is 12.2 Å². The number of nitrogens with two attached hydrogens (primary N) is 1. The molecule has 2 aromatic carbocycles. The summed E-state index contributed by atoms with van der Waals surface area (Å²) in [6, 6.07) is 10.3. The van der Waals surface area contributed by atoms with E-state index >= 15 is 0 Å². The van der Waals surface area contributed by atoms with Crippen molar-refractivity contribution in [1.82, 2.24) is 5.32 Å². The highest BCUT2D eigenvalue weighted by atomic mass is 35.5. The highest BCUT2D eigenvalue weighted by molar-refractivity contribution is 6.34. The van der Waals surface area contributed by atoms with Gasteiger partial charge in [0.25, 0.3) is 5.91 Å². The van der Waals surface area contributed by atoms with Gasteiger partial charge in [-0.3, -0.25) is 4.79 Å². The van der Waals surface area contributed by atoms with Crippen LogP contribution in [0.3, 0.4) is 0 Å². The topological polar surface area (TPSA) is 73.6 Å². The van der Waals surface area contributed by atoms with Gasteiger partial charge < -0.3 is 20.5 Å². The van der Waals surface area contributed by atoms with Gasteiger partial charge in [-0.1, -0.05) is 17.7 Å². The fraction of sp³-hybridized carbons (Fsp3) is 0.133. The minimum atomic E-state index is -0.252. The summed E-state index contributed by atoms with van der Waals surface area (Å²) in [5.74, 6) is 1.15. The van der Waals surface area contributed by atoms with Crippen molar-refractivity contribution in [2.45, 2.75) is 6.54 Å². The Bertz CT molecular complexity index is 707. The second kappa shape index (κ2) is 6.77. The van der Waals surface area contributed by atoms with Gasteiger partial charge in [0.2, 0.25) is 6.79 Å². The van der Waals surface area contributed by atoms with E-state index in [0.29, 0.717) is 34.3 Å². The number of carbonyl (C=O) groups excluding carboxylic acids is 1. The molecule has 0 bridgehead atoms. The molecule has 0 radical (unpaired) electrons. The average Bonchev–Trinajstić information content (AvgIpc) is 2.92. The molecule has 0 aromatic heterocycles. The van der Waals surface area contributed by atoms with Gasteiger partial charge in [-0.15, -0.1) is 12.4 Å². The van der Waals surface area contributed by atoms with E-state index in [1.54, 1.807) is 18.2 Å². The number of hydrogen-bond acceptors (Lipinski definition) is 4. The molecule has 0 aliphatic carbocycles. The van der Waals surface area contributed by atoms with Crippen LogP contribution in [0.15, 0.2) is 36.4 Å². The predicted molar refractivity (Wildman–Crippen MR) is 86.8 cm³/mol. The molecule has 0 saturated heterocycles. The number of rotatable bonds is 3. The Morgan fingerprint density at radius 3 is 2.73 bits per heavy atom. The molecule has 0 spiro atoms. The smallest absolute Gasteiger partial charge is 0.253 e. The summed E-state index contributed by atoms with van der Waals surface area (Å²) in [5.41, 5.74) is 7.43. The van der Waals surface area contributed by atoms with Crippen molar-refractivity contribution < 1.29 is 14.3 Å². The number of ether oxygens (including phenoxy) is 2. The number of halogens is 2. The van der Waals surface area contributed by atoms with Crippen molar-refractivity contribution >= 4 is 35.6 Å². The van der Waals surface area contributed by atoms with E-state index in [9.17, 15) is 4.79 Å². The molecule has 7 heteroatoms. The summed E-state index contributed by atoms with van der Waals surface area (Å²) in [6.45, 7) is 0.600. The third-order valence-corrected chi connectivity index (χ3v) is 3.44. The fourth-order valence-electron chi connectivity index (χ4n) is 2.04. The molecule has 0 unspecified atom stereocenters. The molecule has 5 nitrogen and oxygen atoms in total. The summed E-state index contributed by atoms with van der Waals surface area (Å²) >= 11 is 6.01. The van der Waals surface area contributed by atoms with Gasteiger partial charge in [-0.05, 0) is 35.9 Å². The van der Waals surface area contributed by atoms with Crippen LogP contribution in [0.2, 0.25) is 5.02 Å². The fourth-order valence-corrected chi connectivity index (χ4v) is 2.32. The minimum absolute atomic E-state index is 0. The van der Waals surface area contributed by atoms with Crippen molar-refractivity contribution in [2.75, 3.05) is 12.5 Å². The monoisotopic (exact) mass is 340 g/mol. The maximum absolute atomic E-state index is 12.1. The van der Waals surface area contributed by atoms with Crippen LogP contribution >= 0.6 is 24.0 Å². The molecule has 0 atom stereocenters. The Morgan fingerprint density at radius 1 is 1.18 bits per heavy atom. The van der Waals surface area contributed by atoms with Crippen molar-refractivity contribution in [1.29, 1.82) is 0 Å². The lowest BCUT2D eigenvalue weighted by atomic mass is 10.1. The molecule has 2 aromatic rings. The lowest BCUT2D eigenvalue weighted by molar-refractivity contribution is 0.0951. The zero-order chi connectivity index (χ0) is 14.8. The van der Waals surface area contributed by atoms with Gasteiger partial charge in [-0.25, -0.2) is 0 Å². The highest BCUT2D eigenvalue weighted by Gasteiger charge is 2.14. The first-order valence-electron chi connectivity index (χ1n) is 6.35. The second-order valence-corrected chi connectivity index (χ2v) is 5.02. The Hall–Kier alpha value is -2.11. The zero-order valence-corrected chi connectivity index (χ0v) is 13.0. The molecule has 0 saturated carbocycles. The Kier molecular flexibility index (Phi) is 5.00. The number of nitrogens with one attached hydrogen (secondary N) is 1. The molecule has 3 rings (SSSR count). The molecule has 1 aliphatic heterocycles. The highest BCUT2D eigenvalue weighted by Crippen LogP contribution is 2.32. The number of benzene rings is 2. The standard InChI is InChI=1S/C15H13ClN2O3.ClH/c16-12-6-10(17)2-3-11(12)15(19)18-7-9-1-4-13-14(5-9)21-8-20-13;/h1-6H,7-8,17H2,(H,18,19);1H. The van der Waals surface area contributed by atoms with E-state index in [-0.39, 0.29) is 25.1 Å². The van der Waals surface area contributed by atoms with Crippen LogP contribution in [0.4, 0.5) is 5.69 Å². The summed E-state index contributed by atoms with van der Waals surface area (Å²) in [5, 5.41) is 3.14. The molecule has 1 heterocycles. The van der Waals surface area contributed by atoms with Gasteiger partial charge in [0.15, 0.2) is 11.5 Å². The predicted octanol–water partition coefficient (Wildman–Crippen LogP) is 3.00. The quantitative estimate of drug-likeness (QED) is 0.842. The summed E-state index contributed by atoms with van der Waals surface area (Å²) < 4.78 is 10.5. The molecule has 0 fully saturated rings. The zero-order valence-electron chi connectivity index (χ0n) is 11.5. The molecule has 22 heavy (non-hydrogen) atoms. The SMILES string of the molecule is Cl.Nc1ccc(C(=O)NCc2ccc3c(c2)OCO3)c(Cl)c1. The number of nitrogen functional groups attached to an aromatic ring is 1. The molecular formula is C15H14Cl2N2O3. The average molecular weight is 341 g/mol. The largest absolute Gasteiger partial charge is 0.454 e. The number of fused-ring (bicyclic) bond motifs is 1. The number of anilines is 1. The van der Waals surface area contributed by atoms with Gasteiger partial charge in [0.1, 0.15) is 0 Å². The maximum Gasteiger partial charge on any atom is 0.253 e. The van der Waals surface area contributed by atoms with Crippen LogP contribution in [-0.2, 0) is 6.54 Å². The Labute approximate surface area is 138 Å². The van der Waals surface area contributed by atoms with Crippen LogP contribution in [-0.4, -0.2) is 12.7 Å². The molecule has 1 amide bonds. The van der Waals surface area contributed by atoms with Crippen LogP contribution in [0.25, 0.3) is 0 Å².